The van der Waals surface area contributed by atoms with Gasteiger partial charge in [0, 0.05) is 17.3 Å². The summed E-state index contributed by atoms with van der Waals surface area (Å²) in [7, 11) is 0. The topological polar surface area (TPSA) is 73.8 Å². The largest absolute Gasteiger partial charge is 0.366 e. The van der Waals surface area contributed by atoms with Crippen molar-refractivity contribution in [2.24, 2.45) is 5.73 Å². The Hall–Kier alpha value is -2.95. The second kappa shape index (κ2) is 5.20. The molecule has 1 amide bonds. The molecule has 0 atom stereocenters. The normalized spacial score (nSPS) is 10.5. The summed E-state index contributed by atoms with van der Waals surface area (Å²) in [5.74, 6) is 0.233. The van der Waals surface area contributed by atoms with Gasteiger partial charge in [-0.25, -0.2) is 9.67 Å². The molecule has 1 aromatic carbocycles. The summed E-state index contributed by atoms with van der Waals surface area (Å²) in [5.41, 5.74) is 8.31. The SMILES string of the molecule is Cc1cc(-c2ccccc2C(N)=O)n(-c2ccccn2)n1. The van der Waals surface area contributed by atoms with Crippen molar-refractivity contribution in [2.75, 3.05) is 0 Å². The minimum Gasteiger partial charge on any atom is -0.366 e. The predicted molar refractivity (Wildman–Crippen MR) is 80.0 cm³/mol. The average molecular weight is 278 g/mol. The van der Waals surface area contributed by atoms with Crippen LogP contribution in [0.25, 0.3) is 17.1 Å². The average Bonchev–Trinajstić information content (AvgIpc) is 2.90. The molecule has 0 bridgehead atoms. The third-order valence-corrected chi connectivity index (χ3v) is 3.17. The zero-order chi connectivity index (χ0) is 14.8. The Bertz CT molecular complexity index is 793. The number of benzene rings is 1. The van der Waals surface area contributed by atoms with Crippen molar-refractivity contribution in [1.29, 1.82) is 0 Å². The molecule has 3 aromatic rings. The predicted octanol–water partition coefficient (Wildman–Crippen LogP) is 2.34. The first-order valence-corrected chi connectivity index (χ1v) is 6.54. The zero-order valence-corrected chi connectivity index (χ0v) is 11.5. The highest BCUT2D eigenvalue weighted by Gasteiger charge is 2.15. The molecule has 5 heteroatoms. The van der Waals surface area contributed by atoms with Crippen LogP contribution in [-0.2, 0) is 0 Å². The number of primary amides is 1. The van der Waals surface area contributed by atoms with Gasteiger partial charge < -0.3 is 5.73 Å². The molecular formula is C16H14N4O. The molecule has 3 rings (SSSR count). The first-order chi connectivity index (χ1) is 10.2. The standard InChI is InChI=1S/C16H14N4O/c1-11-10-14(12-6-2-3-7-13(12)16(17)21)20(19-11)15-8-4-5-9-18-15/h2-10H,1H3,(H2,17,21). The quantitative estimate of drug-likeness (QED) is 0.799. The summed E-state index contributed by atoms with van der Waals surface area (Å²) in [6, 6.07) is 14.7. The molecule has 0 fully saturated rings. The number of carbonyl (C=O) groups is 1. The molecule has 2 aromatic heterocycles. The maximum absolute atomic E-state index is 11.6. The van der Waals surface area contributed by atoms with Crippen molar-refractivity contribution < 1.29 is 4.79 Å². The molecule has 21 heavy (non-hydrogen) atoms. The van der Waals surface area contributed by atoms with Gasteiger partial charge in [0.25, 0.3) is 0 Å². The highest BCUT2D eigenvalue weighted by Crippen LogP contribution is 2.26. The Morgan fingerprint density at radius 3 is 2.62 bits per heavy atom. The van der Waals surface area contributed by atoms with E-state index >= 15 is 0 Å². The molecule has 5 nitrogen and oxygen atoms in total. The highest BCUT2D eigenvalue weighted by molar-refractivity contribution is 5.99. The van der Waals surface area contributed by atoms with E-state index in [-0.39, 0.29) is 0 Å². The Morgan fingerprint density at radius 2 is 1.90 bits per heavy atom. The van der Waals surface area contributed by atoms with Crippen LogP contribution in [0.15, 0.2) is 54.7 Å². The van der Waals surface area contributed by atoms with E-state index in [0.29, 0.717) is 11.4 Å². The van der Waals surface area contributed by atoms with Gasteiger partial charge in [0.1, 0.15) is 0 Å². The number of hydrogen-bond acceptors (Lipinski definition) is 3. The van der Waals surface area contributed by atoms with Gasteiger partial charge in [-0.05, 0) is 31.2 Å². The van der Waals surface area contributed by atoms with Crippen molar-refractivity contribution in [3.8, 4) is 17.1 Å². The fourth-order valence-corrected chi connectivity index (χ4v) is 2.27. The molecular weight excluding hydrogens is 264 g/mol. The number of nitrogens with zero attached hydrogens (tertiary/aromatic N) is 3. The van der Waals surface area contributed by atoms with Crippen LogP contribution in [0.1, 0.15) is 16.1 Å². The third-order valence-electron chi connectivity index (χ3n) is 3.17. The molecule has 104 valence electrons. The molecule has 0 aliphatic carbocycles. The van der Waals surface area contributed by atoms with E-state index in [1.807, 2.05) is 43.3 Å². The van der Waals surface area contributed by atoms with Crippen molar-refractivity contribution in [1.82, 2.24) is 14.8 Å². The van der Waals surface area contributed by atoms with Crippen LogP contribution in [0.2, 0.25) is 0 Å². The monoisotopic (exact) mass is 278 g/mol. The third kappa shape index (κ3) is 2.41. The van der Waals surface area contributed by atoms with Crippen molar-refractivity contribution >= 4 is 5.91 Å². The lowest BCUT2D eigenvalue weighted by atomic mass is 10.0. The number of hydrogen-bond donors (Lipinski definition) is 1. The smallest absolute Gasteiger partial charge is 0.249 e. The lowest BCUT2D eigenvalue weighted by Gasteiger charge is -2.09. The summed E-state index contributed by atoms with van der Waals surface area (Å²) < 4.78 is 1.72. The van der Waals surface area contributed by atoms with Gasteiger partial charge in [0.05, 0.1) is 11.4 Å². The zero-order valence-electron chi connectivity index (χ0n) is 11.5. The number of pyridine rings is 1. The van der Waals surface area contributed by atoms with E-state index in [1.54, 1.807) is 23.0 Å². The van der Waals surface area contributed by atoms with Gasteiger partial charge in [-0.1, -0.05) is 24.3 Å². The van der Waals surface area contributed by atoms with Crippen molar-refractivity contribution in [2.45, 2.75) is 6.92 Å². The molecule has 0 aliphatic rings. The van der Waals surface area contributed by atoms with Crippen LogP contribution < -0.4 is 5.73 Å². The number of amides is 1. The molecule has 0 saturated heterocycles. The molecule has 0 saturated carbocycles. The Labute approximate surface area is 122 Å². The fourth-order valence-electron chi connectivity index (χ4n) is 2.27. The van der Waals surface area contributed by atoms with Crippen LogP contribution in [0.4, 0.5) is 0 Å². The van der Waals surface area contributed by atoms with Crippen LogP contribution in [-0.4, -0.2) is 20.7 Å². The van der Waals surface area contributed by atoms with Gasteiger partial charge in [0.15, 0.2) is 5.82 Å². The summed E-state index contributed by atoms with van der Waals surface area (Å²) in [4.78, 5) is 15.9. The summed E-state index contributed by atoms with van der Waals surface area (Å²) in [5, 5.41) is 4.46. The maximum atomic E-state index is 11.6. The Balaban J connectivity index is 2.23. The molecule has 0 unspecified atom stereocenters. The Kier molecular flexibility index (Phi) is 3.23. The molecule has 0 radical (unpaired) electrons. The first-order valence-electron chi connectivity index (χ1n) is 6.54. The van der Waals surface area contributed by atoms with Crippen LogP contribution in [0.3, 0.4) is 0 Å². The minimum absolute atomic E-state index is 0.461. The second-order valence-electron chi connectivity index (χ2n) is 4.68. The van der Waals surface area contributed by atoms with Crippen LogP contribution in [0.5, 0.6) is 0 Å². The van der Waals surface area contributed by atoms with E-state index in [9.17, 15) is 4.79 Å². The second-order valence-corrected chi connectivity index (χ2v) is 4.68. The number of aryl methyl sites for hydroxylation is 1. The minimum atomic E-state index is -0.461. The first kappa shape index (κ1) is 13.1. The van der Waals surface area contributed by atoms with Gasteiger partial charge in [-0.3, -0.25) is 4.79 Å². The van der Waals surface area contributed by atoms with Crippen LogP contribution >= 0.6 is 0 Å². The maximum Gasteiger partial charge on any atom is 0.249 e. The van der Waals surface area contributed by atoms with Crippen LogP contribution in [0, 0.1) is 6.92 Å². The lowest BCUT2D eigenvalue weighted by Crippen LogP contribution is -2.13. The summed E-state index contributed by atoms with van der Waals surface area (Å²) >= 11 is 0. The Morgan fingerprint density at radius 1 is 1.14 bits per heavy atom. The number of carbonyl (C=O) groups excluding carboxylic acids is 1. The van der Waals surface area contributed by atoms with Crippen molar-refractivity contribution in [3.05, 3.63) is 66.0 Å². The van der Waals surface area contributed by atoms with Gasteiger partial charge in [-0.2, -0.15) is 5.10 Å². The van der Waals surface area contributed by atoms with Gasteiger partial charge >= 0.3 is 0 Å². The fraction of sp³-hybridized carbons (Fsp3) is 0.0625. The van der Waals surface area contributed by atoms with E-state index < -0.39 is 5.91 Å². The van der Waals surface area contributed by atoms with Gasteiger partial charge in [-0.15, -0.1) is 0 Å². The van der Waals surface area contributed by atoms with E-state index in [2.05, 4.69) is 10.1 Å². The molecule has 0 aliphatic heterocycles. The summed E-state index contributed by atoms with van der Waals surface area (Å²) in [6.07, 6.45) is 1.70. The molecule has 0 spiro atoms. The van der Waals surface area contributed by atoms with E-state index in [4.69, 9.17) is 5.73 Å². The number of rotatable bonds is 3. The van der Waals surface area contributed by atoms with E-state index in [0.717, 1.165) is 17.0 Å². The van der Waals surface area contributed by atoms with Gasteiger partial charge in [0.2, 0.25) is 5.91 Å². The molecule has 2 N–H and O–H groups in total. The molecule has 2 heterocycles. The summed E-state index contributed by atoms with van der Waals surface area (Å²) in [6.45, 7) is 1.90. The highest BCUT2D eigenvalue weighted by atomic mass is 16.1. The number of aromatic nitrogens is 3. The lowest BCUT2D eigenvalue weighted by molar-refractivity contribution is 0.100. The van der Waals surface area contributed by atoms with Crippen molar-refractivity contribution in [3.63, 3.8) is 0 Å². The number of nitrogens with two attached hydrogens (primary N) is 1. The van der Waals surface area contributed by atoms with E-state index in [1.165, 1.54) is 0 Å².